The summed E-state index contributed by atoms with van der Waals surface area (Å²) in [4.78, 5) is 15.7. The van der Waals surface area contributed by atoms with Gasteiger partial charge in [0.2, 0.25) is 0 Å². The van der Waals surface area contributed by atoms with Gasteiger partial charge in [-0.05, 0) is 81.7 Å². The van der Waals surface area contributed by atoms with Gasteiger partial charge < -0.3 is 15.0 Å². The van der Waals surface area contributed by atoms with E-state index in [0.717, 1.165) is 42.1 Å². The Morgan fingerprint density at radius 2 is 1.97 bits per heavy atom. The van der Waals surface area contributed by atoms with Crippen molar-refractivity contribution in [2.45, 2.75) is 39.2 Å². The van der Waals surface area contributed by atoms with Crippen molar-refractivity contribution >= 4 is 29.1 Å². The molecule has 1 atom stereocenters. The Morgan fingerprint density at radius 1 is 1.21 bits per heavy atom. The van der Waals surface area contributed by atoms with Gasteiger partial charge in [0.15, 0.2) is 5.69 Å². The number of carbonyl (C=O) groups excluding carboxylic acids is 1. The molecule has 34 heavy (non-hydrogen) atoms. The quantitative estimate of drug-likeness (QED) is 0.426. The van der Waals surface area contributed by atoms with Crippen LogP contribution < -0.4 is 10.1 Å². The molecule has 0 radical (unpaired) electrons. The zero-order chi connectivity index (χ0) is 24.2. The lowest BCUT2D eigenvalue weighted by Gasteiger charge is -2.22. The highest BCUT2D eigenvalue weighted by atomic mass is 35.5. The number of aromatic nitrogens is 2. The molecule has 1 aliphatic heterocycles. The van der Waals surface area contributed by atoms with Crippen LogP contribution in [-0.2, 0) is 0 Å². The highest BCUT2D eigenvalue weighted by molar-refractivity contribution is 6.35. The van der Waals surface area contributed by atoms with Crippen molar-refractivity contribution in [3.05, 3.63) is 63.8 Å². The molecule has 4 rings (SSSR count). The van der Waals surface area contributed by atoms with Crippen molar-refractivity contribution in [1.29, 1.82) is 0 Å². The molecule has 1 fully saturated rings. The zero-order valence-electron chi connectivity index (χ0n) is 19.8. The lowest BCUT2D eigenvalue weighted by molar-refractivity contribution is 0.0943. The van der Waals surface area contributed by atoms with Crippen molar-refractivity contribution < 1.29 is 9.53 Å². The molecule has 180 valence electrons. The number of rotatable bonds is 8. The highest BCUT2D eigenvalue weighted by Gasteiger charge is 2.25. The van der Waals surface area contributed by atoms with E-state index < -0.39 is 0 Å². The zero-order valence-corrected chi connectivity index (χ0v) is 21.3. The molecule has 2 heterocycles. The summed E-state index contributed by atoms with van der Waals surface area (Å²) in [5.74, 6) is 0.570. The first-order valence-electron chi connectivity index (χ1n) is 11.6. The smallest absolute Gasteiger partial charge is 0.272 e. The number of methoxy groups -OCH3 is 1. The number of ether oxygens (including phenoxy) is 1. The van der Waals surface area contributed by atoms with Crippen LogP contribution in [0.25, 0.3) is 16.9 Å². The molecule has 1 N–H and O–H groups in total. The molecule has 1 aromatic heterocycles. The van der Waals surface area contributed by atoms with Crippen LogP contribution in [-0.4, -0.2) is 53.4 Å². The second-order valence-electron chi connectivity index (χ2n) is 8.53. The van der Waals surface area contributed by atoms with E-state index in [0.29, 0.717) is 34.0 Å². The SMILES string of the molecule is CCN1CCCC1CCNC(=O)c1nn(-c2ccc(Cl)cc2Cl)c(-c2ccc(OC)cc2)c1C. The first kappa shape index (κ1) is 24.6. The molecule has 8 heteroatoms. The molecule has 0 aliphatic carbocycles. The van der Waals surface area contributed by atoms with Crippen LogP contribution in [0.15, 0.2) is 42.5 Å². The summed E-state index contributed by atoms with van der Waals surface area (Å²) < 4.78 is 7.02. The van der Waals surface area contributed by atoms with Gasteiger partial charge in [0.1, 0.15) is 5.75 Å². The highest BCUT2D eigenvalue weighted by Crippen LogP contribution is 2.33. The molecule has 0 bridgehead atoms. The standard InChI is InChI=1S/C26H30Cl2N4O2/c1-4-31-15-5-6-20(31)13-14-29-26(33)24-17(2)25(18-7-10-21(34-3)11-8-18)32(30-24)23-12-9-19(27)16-22(23)28/h7-12,16,20H,4-6,13-15H2,1-3H3,(H,29,33). The number of carbonyl (C=O) groups is 1. The molecule has 0 spiro atoms. The van der Waals surface area contributed by atoms with E-state index in [9.17, 15) is 4.79 Å². The summed E-state index contributed by atoms with van der Waals surface area (Å²) in [6, 6.07) is 13.4. The van der Waals surface area contributed by atoms with Crippen LogP contribution in [0, 0.1) is 6.92 Å². The van der Waals surface area contributed by atoms with Gasteiger partial charge in [0, 0.05) is 28.7 Å². The monoisotopic (exact) mass is 500 g/mol. The molecule has 3 aromatic rings. The Hall–Kier alpha value is -2.54. The van der Waals surface area contributed by atoms with Gasteiger partial charge in [0.05, 0.1) is 23.5 Å². The summed E-state index contributed by atoms with van der Waals surface area (Å²) in [6.45, 7) is 6.92. The number of nitrogens with one attached hydrogen (secondary N) is 1. The molecule has 1 amide bonds. The minimum atomic E-state index is -0.183. The van der Waals surface area contributed by atoms with Crippen molar-refractivity contribution in [2.75, 3.05) is 26.7 Å². The summed E-state index contributed by atoms with van der Waals surface area (Å²) >= 11 is 12.6. The Balaban J connectivity index is 1.65. The molecule has 2 aromatic carbocycles. The minimum Gasteiger partial charge on any atom is -0.497 e. The molecule has 1 saturated heterocycles. The fraction of sp³-hybridized carbons (Fsp3) is 0.385. The molecule has 6 nitrogen and oxygen atoms in total. The van der Waals surface area contributed by atoms with Crippen LogP contribution >= 0.6 is 23.2 Å². The third kappa shape index (κ3) is 5.09. The van der Waals surface area contributed by atoms with Gasteiger partial charge in [-0.15, -0.1) is 0 Å². The van der Waals surface area contributed by atoms with E-state index in [1.807, 2.05) is 37.3 Å². The third-order valence-corrected chi connectivity index (χ3v) is 7.04. The van der Waals surface area contributed by atoms with E-state index >= 15 is 0 Å². The predicted octanol–water partition coefficient (Wildman–Crippen LogP) is 5.77. The van der Waals surface area contributed by atoms with Crippen LogP contribution in [0.2, 0.25) is 10.0 Å². The van der Waals surface area contributed by atoms with Crippen molar-refractivity contribution in [2.24, 2.45) is 0 Å². The number of amides is 1. The van der Waals surface area contributed by atoms with Gasteiger partial charge in [-0.2, -0.15) is 5.10 Å². The Labute approximate surface area is 210 Å². The number of hydrogen-bond donors (Lipinski definition) is 1. The summed E-state index contributed by atoms with van der Waals surface area (Å²) in [5.41, 5.74) is 3.52. The predicted molar refractivity (Wildman–Crippen MR) is 138 cm³/mol. The number of halogens is 2. The van der Waals surface area contributed by atoms with Gasteiger partial charge in [-0.1, -0.05) is 30.1 Å². The molecule has 0 saturated carbocycles. The van der Waals surface area contributed by atoms with Gasteiger partial charge >= 0.3 is 0 Å². The Morgan fingerprint density at radius 3 is 2.65 bits per heavy atom. The normalized spacial score (nSPS) is 16.1. The van der Waals surface area contributed by atoms with E-state index in [-0.39, 0.29) is 5.91 Å². The molecule has 1 aliphatic rings. The number of benzene rings is 2. The van der Waals surface area contributed by atoms with E-state index in [1.165, 1.54) is 12.8 Å². The Kier molecular flexibility index (Phi) is 7.81. The van der Waals surface area contributed by atoms with Crippen molar-refractivity contribution in [3.63, 3.8) is 0 Å². The van der Waals surface area contributed by atoms with Crippen molar-refractivity contribution in [1.82, 2.24) is 20.0 Å². The van der Waals surface area contributed by atoms with Gasteiger partial charge in [-0.25, -0.2) is 4.68 Å². The summed E-state index contributed by atoms with van der Waals surface area (Å²) in [6.07, 6.45) is 3.35. The van der Waals surface area contributed by atoms with E-state index in [4.69, 9.17) is 33.0 Å². The van der Waals surface area contributed by atoms with Crippen LogP contribution in [0.4, 0.5) is 0 Å². The number of likely N-dealkylation sites (tertiary alicyclic amines) is 1. The lowest BCUT2D eigenvalue weighted by Crippen LogP contribution is -2.34. The second-order valence-corrected chi connectivity index (χ2v) is 9.37. The number of nitrogens with zero attached hydrogens (tertiary/aromatic N) is 3. The largest absolute Gasteiger partial charge is 0.497 e. The van der Waals surface area contributed by atoms with Gasteiger partial charge in [0.25, 0.3) is 5.91 Å². The maximum absolute atomic E-state index is 13.2. The Bertz CT molecular complexity index is 1160. The molecular weight excluding hydrogens is 471 g/mol. The number of hydrogen-bond acceptors (Lipinski definition) is 4. The van der Waals surface area contributed by atoms with Crippen LogP contribution in [0.3, 0.4) is 0 Å². The van der Waals surface area contributed by atoms with E-state index in [1.54, 1.807) is 23.9 Å². The lowest BCUT2D eigenvalue weighted by atomic mass is 10.1. The maximum Gasteiger partial charge on any atom is 0.272 e. The fourth-order valence-electron chi connectivity index (χ4n) is 4.70. The molecular formula is C26H30Cl2N4O2. The first-order chi connectivity index (χ1) is 16.4. The topological polar surface area (TPSA) is 59.4 Å². The van der Waals surface area contributed by atoms with Crippen LogP contribution in [0.5, 0.6) is 5.75 Å². The summed E-state index contributed by atoms with van der Waals surface area (Å²) in [7, 11) is 1.63. The average molecular weight is 501 g/mol. The van der Waals surface area contributed by atoms with Crippen molar-refractivity contribution in [3.8, 4) is 22.7 Å². The first-order valence-corrected chi connectivity index (χ1v) is 12.4. The van der Waals surface area contributed by atoms with Crippen LogP contribution in [0.1, 0.15) is 42.2 Å². The maximum atomic E-state index is 13.2. The summed E-state index contributed by atoms with van der Waals surface area (Å²) in [5, 5.41) is 8.78. The van der Waals surface area contributed by atoms with Gasteiger partial charge in [-0.3, -0.25) is 4.79 Å². The minimum absolute atomic E-state index is 0.183. The average Bonchev–Trinajstić information content (AvgIpc) is 3.43. The third-order valence-electron chi connectivity index (χ3n) is 6.51. The fourth-order valence-corrected chi connectivity index (χ4v) is 5.19. The van der Waals surface area contributed by atoms with E-state index in [2.05, 4.69) is 17.1 Å². The molecule has 1 unspecified atom stereocenters. The second kappa shape index (κ2) is 10.8.